The summed E-state index contributed by atoms with van der Waals surface area (Å²) in [6.45, 7) is 0.363. The first kappa shape index (κ1) is 25.7. The lowest BCUT2D eigenvalue weighted by molar-refractivity contribution is -0.274. The largest absolute Gasteiger partial charge is 0.573 e. The number of halogens is 3. The average Bonchev–Trinajstić information content (AvgIpc) is 3.47. The zero-order chi connectivity index (χ0) is 26.6. The third kappa shape index (κ3) is 5.90. The predicted molar refractivity (Wildman–Crippen MR) is 125 cm³/mol. The van der Waals surface area contributed by atoms with E-state index in [0.717, 1.165) is 0 Å². The number of alkyl halides is 3. The molecule has 4 rings (SSSR count). The Morgan fingerprint density at radius 3 is 2.78 bits per heavy atom. The maximum atomic E-state index is 13.0. The molecule has 1 aromatic heterocycles. The van der Waals surface area contributed by atoms with Crippen LogP contribution in [0.4, 0.5) is 18.9 Å². The van der Waals surface area contributed by atoms with Gasteiger partial charge in [-0.25, -0.2) is 4.98 Å². The number of rotatable bonds is 10. The number of likely N-dealkylation sites (N-methyl/N-ethyl adjacent to an activating group) is 1. The van der Waals surface area contributed by atoms with Gasteiger partial charge >= 0.3 is 6.36 Å². The van der Waals surface area contributed by atoms with Crippen LogP contribution < -0.4 is 15.4 Å². The van der Waals surface area contributed by atoms with Crippen LogP contribution >= 0.6 is 0 Å². The van der Waals surface area contributed by atoms with Crippen LogP contribution in [0.3, 0.4) is 0 Å². The molecule has 37 heavy (non-hydrogen) atoms. The highest BCUT2D eigenvalue weighted by Crippen LogP contribution is 2.32. The van der Waals surface area contributed by atoms with Crippen molar-refractivity contribution in [3.8, 4) is 17.2 Å². The number of aromatic nitrogens is 1. The summed E-state index contributed by atoms with van der Waals surface area (Å²) in [7, 11) is 1.47. The van der Waals surface area contributed by atoms with E-state index in [1.807, 2.05) is 0 Å². The Morgan fingerprint density at radius 2 is 2.05 bits per heavy atom. The molecule has 0 spiro atoms. The van der Waals surface area contributed by atoms with Gasteiger partial charge in [0.25, 0.3) is 5.91 Å². The van der Waals surface area contributed by atoms with Gasteiger partial charge in [-0.05, 0) is 36.8 Å². The number of nitrogens with one attached hydrogen (secondary N) is 2. The van der Waals surface area contributed by atoms with E-state index in [1.54, 1.807) is 24.3 Å². The zero-order valence-corrected chi connectivity index (χ0v) is 19.7. The van der Waals surface area contributed by atoms with Gasteiger partial charge in [0.15, 0.2) is 0 Å². The standard InChI is InChI=1S/C25H23F3N4O5/c1-29-22(34)21(9-4-10-33)32-14-19-18(24(32)35)7-3-8-20(19)30-12-17-13-31-23(36-17)15-5-2-6-16(11-15)37-25(26,27)28/h2-3,5-8,10-11,13,21,30H,4,9,12,14H2,1H3,(H,29,34). The highest BCUT2D eigenvalue weighted by Gasteiger charge is 2.37. The van der Waals surface area contributed by atoms with Gasteiger partial charge in [-0.3, -0.25) is 9.59 Å². The number of hydrogen-bond acceptors (Lipinski definition) is 7. The van der Waals surface area contributed by atoms with Crippen molar-refractivity contribution in [1.82, 2.24) is 15.2 Å². The summed E-state index contributed by atoms with van der Waals surface area (Å²) < 4.78 is 47.2. The number of carbonyl (C=O) groups is 3. The van der Waals surface area contributed by atoms with Crippen molar-refractivity contribution >= 4 is 23.8 Å². The third-order valence-electron chi connectivity index (χ3n) is 5.80. The number of nitrogens with zero attached hydrogens (tertiary/aromatic N) is 2. The molecule has 0 saturated carbocycles. The van der Waals surface area contributed by atoms with Gasteiger partial charge in [0.1, 0.15) is 23.8 Å². The van der Waals surface area contributed by atoms with E-state index in [-0.39, 0.29) is 49.4 Å². The lowest BCUT2D eigenvalue weighted by Crippen LogP contribution is -2.46. The molecule has 194 valence electrons. The quantitative estimate of drug-likeness (QED) is 0.393. The van der Waals surface area contributed by atoms with Gasteiger partial charge in [0.2, 0.25) is 11.8 Å². The maximum Gasteiger partial charge on any atom is 0.573 e. The SMILES string of the molecule is CNC(=O)C(CCC=O)N1Cc2c(NCc3cnc(-c4cccc(OC(F)(F)F)c4)o3)cccc2C1=O. The maximum absolute atomic E-state index is 13.0. The Kier molecular flexibility index (Phi) is 7.46. The summed E-state index contributed by atoms with van der Waals surface area (Å²) in [6.07, 6.45) is -2.31. The molecule has 1 atom stereocenters. The van der Waals surface area contributed by atoms with Crippen LogP contribution in [0.25, 0.3) is 11.5 Å². The molecular weight excluding hydrogens is 493 g/mol. The average molecular weight is 516 g/mol. The molecule has 2 N–H and O–H groups in total. The number of benzene rings is 2. The van der Waals surface area contributed by atoms with Crippen LogP contribution in [0.5, 0.6) is 5.75 Å². The van der Waals surface area contributed by atoms with Crippen molar-refractivity contribution in [2.75, 3.05) is 12.4 Å². The Labute approximate surface area is 209 Å². The lowest BCUT2D eigenvalue weighted by atomic mass is 10.1. The number of amides is 2. The van der Waals surface area contributed by atoms with Crippen molar-refractivity contribution in [1.29, 1.82) is 0 Å². The molecular formula is C25H23F3N4O5. The molecule has 2 amide bonds. The Bertz CT molecular complexity index is 1310. The van der Waals surface area contributed by atoms with Crippen molar-refractivity contribution in [3.63, 3.8) is 0 Å². The molecule has 0 radical (unpaired) electrons. The van der Waals surface area contributed by atoms with Crippen LogP contribution in [-0.4, -0.2) is 47.4 Å². The van der Waals surface area contributed by atoms with Crippen LogP contribution in [0, 0.1) is 0 Å². The first-order valence-corrected chi connectivity index (χ1v) is 11.3. The molecule has 0 aliphatic carbocycles. The minimum Gasteiger partial charge on any atom is -0.439 e. The fourth-order valence-corrected chi connectivity index (χ4v) is 4.12. The summed E-state index contributed by atoms with van der Waals surface area (Å²) in [4.78, 5) is 41.9. The van der Waals surface area contributed by atoms with Gasteiger partial charge in [-0.1, -0.05) is 12.1 Å². The van der Waals surface area contributed by atoms with E-state index in [4.69, 9.17) is 4.42 Å². The summed E-state index contributed by atoms with van der Waals surface area (Å²) in [5.41, 5.74) is 2.11. The minimum absolute atomic E-state index is 0.118. The smallest absolute Gasteiger partial charge is 0.439 e. The summed E-state index contributed by atoms with van der Waals surface area (Å²) in [6, 6.07) is 9.68. The Morgan fingerprint density at radius 1 is 1.27 bits per heavy atom. The molecule has 1 aliphatic rings. The zero-order valence-electron chi connectivity index (χ0n) is 19.7. The van der Waals surface area contributed by atoms with E-state index in [0.29, 0.717) is 34.4 Å². The summed E-state index contributed by atoms with van der Waals surface area (Å²) >= 11 is 0. The van der Waals surface area contributed by atoms with E-state index in [2.05, 4.69) is 20.4 Å². The number of fused-ring (bicyclic) bond motifs is 1. The number of hydrogen-bond donors (Lipinski definition) is 2. The van der Waals surface area contributed by atoms with E-state index in [9.17, 15) is 27.6 Å². The summed E-state index contributed by atoms with van der Waals surface area (Å²) in [5.74, 6) is -0.518. The molecule has 1 aliphatic heterocycles. The van der Waals surface area contributed by atoms with Gasteiger partial charge < -0.3 is 29.5 Å². The van der Waals surface area contributed by atoms with E-state index < -0.39 is 12.4 Å². The summed E-state index contributed by atoms with van der Waals surface area (Å²) in [5, 5.41) is 5.73. The van der Waals surface area contributed by atoms with E-state index in [1.165, 1.54) is 36.3 Å². The van der Waals surface area contributed by atoms with Crippen molar-refractivity contribution in [3.05, 3.63) is 65.5 Å². The molecule has 0 saturated heterocycles. The molecule has 12 heteroatoms. The van der Waals surface area contributed by atoms with Gasteiger partial charge in [-0.15, -0.1) is 13.2 Å². The number of oxazole rings is 1. The number of anilines is 1. The van der Waals surface area contributed by atoms with Gasteiger partial charge in [0.05, 0.1) is 12.7 Å². The monoisotopic (exact) mass is 516 g/mol. The van der Waals surface area contributed by atoms with E-state index >= 15 is 0 Å². The first-order valence-electron chi connectivity index (χ1n) is 11.3. The Balaban J connectivity index is 1.47. The van der Waals surface area contributed by atoms with Crippen LogP contribution in [0.1, 0.15) is 34.5 Å². The van der Waals surface area contributed by atoms with Crippen LogP contribution in [-0.2, 0) is 22.7 Å². The van der Waals surface area contributed by atoms with Crippen molar-refractivity contribution in [2.45, 2.75) is 38.3 Å². The Hall–Kier alpha value is -4.35. The fraction of sp³-hybridized carbons (Fsp3) is 0.280. The molecule has 3 aromatic rings. The topological polar surface area (TPSA) is 114 Å². The molecule has 0 fully saturated rings. The minimum atomic E-state index is -4.81. The van der Waals surface area contributed by atoms with Gasteiger partial charge in [-0.2, -0.15) is 0 Å². The molecule has 2 heterocycles. The number of carbonyl (C=O) groups excluding carboxylic acids is 3. The molecule has 0 bridgehead atoms. The number of aldehydes is 1. The highest BCUT2D eigenvalue weighted by molar-refractivity contribution is 6.02. The highest BCUT2D eigenvalue weighted by atomic mass is 19.4. The van der Waals surface area contributed by atoms with Crippen LogP contribution in [0.2, 0.25) is 0 Å². The van der Waals surface area contributed by atoms with Gasteiger partial charge in [0, 0.05) is 42.4 Å². The lowest BCUT2D eigenvalue weighted by Gasteiger charge is -2.25. The fourth-order valence-electron chi connectivity index (χ4n) is 4.12. The normalized spacial score (nSPS) is 13.7. The second-order valence-corrected chi connectivity index (χ2v) is 8.20. The van der Waals surface area contributed by atoms with Crippen molar-refractivity contribution in [2.24, 2.45) is 0 Å². The van der Waals surface area contributed by atoms with Crippen LogP contribution in [0.15, 0.2) is 53.1 Å². The molecule has 9 nitrogen and oxygen atoms in total. The third-order valence-corrected chi connectivity index (χ3v) is 5.80. The predicted octanol–water partition coefficient (Wildman–Crippen LogP) is 3.90. The second-order valence-electron chi connectivity index (χ2n) is 8.20. The molecule has 1 unspecified atom stereocenters. The second kappa shape index (κ2) is 10.7. The number of ether oxygens (including phenoxy) is 1. The first-order chi connectivity index (χ1) is 17.7. The molecule has 2 aromatic carbocycles. The van der Waals surface area contributed by atoms with Crippen molar-refractivity contribution < 1.29 is 36.7 Å².